The quantitative estimate of drug-likeness (QED) is 0.839. The molecule has 1 amide bonds. The Kier molecular flexibility index (Phi) is 4.37. The lowest BCUT2D eigenvalue weighted by molar-refractivity contribution is 0.0822. The molecule has 1 saturated carbocycles. The van der Waals surface area contributed by atoms with Crippen LogP contribution in [0.25, 0.3) is 0 Å². The van der Waals surface area contributed by atoms with Crippen LogP contribution in [0.15, 0.2) is 18.3 Å². The van der Waals surface area contributed by atoms with Crippen molar-refractivity contribution in [1.82, 2.24) is 14.8 Å². The Hall–Kier alpha value is -1.62. The molecule has 0 atom stereocenters. The van der Waals surface area contributed by atoms with Crippen molar-refractivity contribution in [2.75, 3.05) is 39.5 Å². The molecule has 1 N–H and O–H groups in total. The monoisotopic (exact) mass is 262 g/mol. The van der Waals surface area contributed by atoms with E-state index in [-0.39, 0.29) is 5.91 Å². The molecule has 1 aliphatic carbocycles. The van der Waals surface area contributed by atoms with Gasteiger partial charge in [0.2, 0.25) is 0 Å². The largest absolute Gasteiger partial charge is 0.384 e. The summed E-state index contributed by atoms with van der Waals surface area (Å²) in [7, 11) is 5.62. The van der Waals surface area contributed by atoms with Gasteiger partial charge in [-0.1, -0.05) is 0 Å². The van der Waals surface area contributed by atoms with E-state index < -0.39 is 0 Å². The molecule has 1 aromatic heterocycles. The van der Waals surface area contributed by atoms with Crippen molar-refractivity contribution >= 4 is 11.6 Å². The maximum atomic E-state index is 11.8. The van der Waals surface area contributed by atoms with Gasteiger partial charge in [-0.3, -0.25) is 9.78 Å². The average Bonchev–Trinajstić information content (AvgIpc) is 3.22. The number of pyridine rings is 1. The van der Waals surface area contributed by atoms with E-state index in [0.717, 1.165) is 24.8 Å². The Morgan fingerprint density at radius 3 is 2.79 bits per heavy atom. The van der Waals surface area contributed by atoms with Crippen LogP contribution in [0.5, 0.6) is 0 Å². The van der Waals surface area contributed by atoms with Crippen molar-refractivity contribution in [2.45, 2.75) is 18.9 Å². The van der Waals surface area contributed by atoms with Gasteiger partial charge in [-0.25, -0.2) is 0 Å². The Labute approximate surface area is 114 Å². The van der Waals surface area contributed by atoms with Gasteiger partial charge >= 0.3 is 0 Å². The fraction of sp³-hybridized carbons (Fsp3) is 0.571. The van der Waals surface area contributed by atoms with E-state index in [1.54, 1.807) is 26.4 Å². The van der Waals surface area contributed by atoms with Gasteiger partial charge in [-0.2, -0.15) is 0 Å². The second-order valence-electron chi connectivity index (χ2n) is 5.27. The number of hydrogen-bond donors (Lipinski definition) is 1. The SMILES string of the molecule is CN(C)C(=O)c1cc(NCCN(C)C2CC2)ccn1. The second kappa shape index (κ2) is 6.02. The Morgan fingerprint density at radius 1 is 1.42 bits per heavy atom. The summed E-state index contributed by atoms with van der Waals surface area (Å²) < 4.78 is 0. The van der Waals surface area contributed by atoms with E-state index in [1.165, 1.54) is 17.7 Å². The molecule has 1 aromatic rings. The van der Waals surface area contributed by atoms with Crippen LogP contribution in [0.3, 0.4) is 0 Å². The summed E-state index contributed by atoms with van der Waals surface area (Å²) in [5.41, 5.74) is 1.43. The zero-order valence-electron chi connectivity index (χ0n) is 11.9. The Morgan fingerprint density at radius 2 is 2.16 bits per heavy atom. The van der Waals surface area contributed by atoms with Crippen molar-refractivity contribution in [1.29, 1.82) is 0 Å². The molecule has 5 nitrogen and oxygen atoms in total. The molecular formula is C14H22N4O. The summed E-state index contributed by atoms with van der Waals surface area (Å²) >= 11 is 0. The maximum Gasteiger partial charge on any atom is 0.272 e. The van der Waals surface area contributed by atoms with Crippen LogP contribution >= 0.6 is 0 Å². The average molecular weight is 262 g/mol. The first-order valence-corrected chi connectivity index (χ1v) is 6.70. The lowest BCUT2D eigenvalue weighted by Gasteiger charge is -2.16. The molecule has 5 heteroatoms. The molecule has 2 rings (SSSR count). The van der Waals surface area contributed by atoms with Crippen molar-refractivity contribution in [3.63, 3.8) is 0 Å². The minimum absolute atomic E-state index is 0.0706. The Bertz CT molecular complexity index is 443. The normalized spacial score (nSPS) is 14.5. The van der Waals surface area contributed by atoms with Crippen LogP contribution in [0.1, 0.15) is 23.3 Å². The highest BCUT2D eigenvalue weighted by Crippen LogP contribution is 2.24. The van der Waals surface area contributed by atoms with Gasteiger partial charge in [0.1, 0.15) is 5.69 Å². The van der Waals surface area contributed by atoms with Crippen LogP contribution in [0.2, 0.25) is 0 Å². The highest BCUT2D eigenvalue weighted by molar-refractivity contribution is 5.92. The van der Waals surface area contributed by atoms with Crippen LogP contribution in [0, 0.1) is 0 Å². The Balaban J connectivity index is 1.86. The summed E-state index contributed by atoms with van der Waals surface area (Å²) in [4.78, 5) is 19.8. The first-order valence-electron chi connectivity index (χ1n) is 6.70. The fourth-order valence-corrected chi connectivity index (χ4v) is 1.96. The van der Waals surface area contributed by atoms with Crippen molar-refractivity contribution in [3.8, 4) is 0 Å². The highest BCUT2D eigenvalue weighted by atomic mass is 16.2. The highest BCUT2D eigenvalue weighted by Gasteiger charge is 2.25. The third kappa shape index (κ3) is 3.92. The molecule has 0 saturated heterocycles. The molecular weight excluding hydrogens is 240 g/mol. The maximum absolute atomic E-state index is 11.8. The second-order valence-corrected chi connectivity index (χ2v) is 5.27. The van der Waals surface area contributed by atoms with Crippen LogP contribution in [-0.4, -0.2) is 61.0 Å². The molecule has 1 heterocycles. The van der Waals surface area contributed by atoms with Crippen molar-refractivity contribution in [3.05, 3.63) is 24.0 Å². The molecule has 0 spiro atoms. The van der Waals surface area contributed by atoms with Gasteiger partial charge in [-0.05, 0) is 32.0 Å². The van der Waals surface area contributed by atoms with Gasteiger partial charge in [-0.15, -0.1) is 0 Å². The first kappa shape index (κ1) is 13.8. The molecule has 1 fully saturated rings. The zero-order valence-corrected chi connectivity index (χ0v) is 11.9. The molecule has 0 aromatic carbocycles. The molecule has 104 valence electrons. The molecule has 19 heavy (non-hydrogen) atoms. The van der Waals surface area contributed by atoms with Crippen LogP contribution in [-0.2, 0) is 0 Å². The summed E-state index contributed by atoms with van der Waals surface area (Å²) in [6, 6.07) is 4.48. The van der Waals surface area contributed by atoms with Crippen molar-refractivity contribution < 1.29 is 4.79 Å². The minimum atomic E-state index is -0.0706. The summed E-state index contributed by atoms with van der Waals surface area (Å²) in [5.74, 6) is -0.0706. The lowest BCUT2D eigenvalue weighted by atomic mass is 10.3. The molecule has 0 radical (unpaired) electrons. The zero-order chi connectivity index (χ0) is 13.8. The number of likely N-dealkylation sites (N-methyl/N-ethyl adjacent to an activating group) is 1. The van der Waals surface area contributed by atoms with Gasteiger partial charge < -0.3 is 15.1 Å². The third-order valence-electron chi connectivity index (χ3n) is 3.35. The summed E-state index contributed by atoms with van der Waals surface area (Å²) in [6.07, 6.45) is 4.32. The summed E-state index contributed by atoms with van der Waals surface area (Å²) in [5, 5.41) is 3.34. The topological polar surface area (TPSA) is 48.5 Å². The fourth-order valence-electron chi connectivity index (χ4n) is 1.96. The number of rotatable bonds is 6. The van der Waals surface area contributed by atoms with Gasteiger partial charge in [0.15, 0.2) is 0 Å². The van der Waals surface area contributed by atoms with E-state index in [0.29, 0.717) is 5.69 Å². The van der Waals surface area contributed by atoms with Gasteiger partial charge in [0, 0.05) is 45.1 Å². The molecule has 0 bridgehead atoms. The van der Waals surface area contributed by atoms with Gasteiger partial charge in [0.05, 0.1) is 0 Å². The van der Waals surface area contributed by atoms with Crippen molar-refractivity contribution in [2.24, 2.45) is 0 Å². The lowest BCUT2D eigenvalue weighted by Crippen LogP contribution is -2.27. The van der Waals surface area contributed by atoms with E-state index in [4.69, 9.17) is 0 Å². The number of nitrogens with one attached hydrogen (secondary N) is 1. The smallest absolute Gasteiger partial charge is 0.272 e. The molecule has 0 aliphatic heterocycles. The van der Waals surface area contributed by atoms with E-state index in [9.17, 15) is 4.79 Å². The number of nitrogens with zero attached hydrogens (tertiary/aromatic N) is 3. The summed E-state index contributed by atoms with van der Waals surface area (Å²) in [6.45, 7) is 1.90. The van der Waals surface area contributed by atoms with Gasteiger partial charge in [0.25, 0.3) is 5.91 Å². The predicted octanol–water partition coefficient (Wildman–Crippen LogP) is 1.29. The standard InChI is InChI=1S/C14H22N4O/c1-17(2)14(19)13-10-11(6-7-16-13)15-8-9-18(3)12-4-5-12/h6-7,10,12H,4-5,8-9H2,1-3H3,(H,15,16). The number of carbonyl (C=O) groups excluding carboxylic acids is 1. The number of aromatic nitrogens is 1. The van der Waals surface area contributed by atoms with E-state index in [1.807, 2.05) is 6.07 Å². The number of anilines is 1. The third-order valence-corrected chi connectivity index (χ3v) is 3.35. The van der Waals surface area contributed by atoms with Crippen LogP contribution in [0.4, 0.5) is 5.69 Å². The number of amides is 1. The molecule has 0 unspecified atom stereocenters. The minimum Gasteiger partial charge on any atom is -0.384 e. The predicted molar refractivity (Wildman–Crippen MR) is 76.4 cm³/mol. The molecule has 1 aliphatic rings. The number of carbonyl (C=O) groups is 1. The van der Waals surface area contributed by atoms with E-state index >= 15 is 0 Å². The number of hydrogen-bond acceptors (Lipinski definition) is 4. The van der Waals surface area contributed by atoms with Crippen LogP contribution < -0.4 is 5.32 Å². The first-order chi connectivity index (χ1) is 9.08. The van der Waals surface area contributed by atoms with E-state index in [2.05, 4.69) is 22.2 Å².